The van der Waals surface area contributed by atoms with Crippen molar-refractivity contribution in [1.29, 1.82) is 5.26 Å². The minimum Gasteiger partial charge on any atom is -0.490 e. The Morgan fingerprint density at radius 1 is 1.33 bits per heavy atom. The summed E-state index contributed by atoms with van der Waals surface area (Å²) in [4.78, 5) is 0. The number of benzene rings is 1. The van der Waals surface area contributed by atoms with Crippen LogP contribution in [0, 0.1) is 11.3 Å². The molecule has 1 aliphatic rings. The van der Waals surface area contributed by atoms with E-state index in [1.54, 1.807) is 0 Å². The molecular weight excluding hydrogens is 260 g/mol. The zero-order valence-electron chi connectivity index (χ0n) is 13.5. The standard InChI is InChI=1S/C18H26N2O/c1-13(2)15-6-5-7-16(10-15)21-17-8-9-18(11-17,12-19)20-14(3)4/h5-7,10,13-14,17,20H,8-9,11H2,1-4H3. The summed E-state index contributed by atoms with van der Waals surface area (Å²) in [5.74, 6) is 1.42. The van der Waals surface area contributed by atoms with Gasteiger partial charge in [0.15, 0.2) is 0 Å². The third kappa shape index (κ3) is 3.98. The lowest BCUT2D eigenvalue weighted by molar-refractivity contribution is 0.199. The lowest BCUT2D eigenvalue weighted by Gasteiger charge is -2.25. The molecule has 21 heavy (non-hydrogen) atoms. The van der Waals surface area contributed by atoms with Gasteiger partial charge in [0.1, 0.15) is 17.4 Å². The van der Waals surface area contributed by atoms with Gasteiger partial charge in [-0.05, 0) is 50.3 Å². The third-order valence-electron chi connectivity index (χ3n) is 4.08. The molecule has 0 radical (unpaired) electrons. The van der Waals surface area contributed by atoms with Crippen LogP contribution in [0.15, 0.2) is 24.3 Å². The molecular formula is C18H26N2O. The van der Waals surface area contributed by atoms with E-state index in [9.17, 15) is 5.26 Å². The van der Waals surface area contributed by atoms with E-state index in [1.165, 1.54) is 5.56 Å². The van der Waals surface area contributed by atoms with E-state index in [2.05, 4.69) is 51.2 Å². The van der Waals surface area contributed by atoms with Crippen LogP contribution in [0.1, 0.15) is 58.4 Å². The Balaban J connectivity index is 2.02. The Morgan fingerprint density at radius 2 is 2.10 bits per heavy atom. The molecule has 0 spiro atoms. The lowest BCUT2D eigenvalue weighted by atomic mass is 9.98. The number of hydrogen-bond donors (Lipinski definition) is 1. The Hall–Kier alpha value is -1.53. The van der Waals surface area contributed by atoms with Gasteiger partial charge in [-0.15, -0.1) is 0 Å². The average molecular weight is 286 g/mol. The Labute approximate surface area is 128 Å². The van der Waals surface area contributed by atoms with Crippen LogP contribution in [0.25, 0.3) is 0 Å². The van der Waals surface area contributed by atoms with E-state index < -0.39 is 5.54 Å². The van der Waals surface area contributed by atoms with Crippen LogP contribution in [-0.2, 0) is 0 Å². The van der Waals surface area contributed by atoms with Gasteiger partial charge in [-0.3, -0.25) is 5.32 Å². The van der Waals surface area contributed by atoms with Gasteiger partial charge in [0.25, 0.3) is 0 Å². The second kappa shape index (κ2) is 6.49. The average Bonchev–Trinajstić information content (AvgIpc) is 2.82. The van der Waals surface area contributed by atoms with E-state index in [0.717, 1.165) is 25.0 Å². The molecule has 1 aromatic carbocycles. The fourth-order valence-electron chi connectivity index (χ4n) is 3.06. The van der Waals surface area contributed by atoms with Gasteiger partial charge < -0.3 is 4.74 Å². The first kappa shape index (κ1) is 15.9. The van der Waals surface area contributed by atoms with Crippen molar-refractivity contribution in [3.63, 3.8) is 0 Å². The SMILES string of the molecule is CC(C)NC1(C#N)CCC(Oc2cccc(C(C)C)c2)C1. The second-order valence-electron chi connectivity index (χ2n) is 6.70. The molecule has 3 heteroatoms. The molecule has 0 aliphatic heterocycles. The fraction of sp³-hybridized carbons (Fsp3) is 0.611. The van der Waals surface area contributed by atoms with Crippen LogP contribution in [-0.4, -0.2) is 17.7 Å². The van der Waals surface area contributed by atoms with E-state index in [0.29, 0.717) is 12.0 Å². The molecule has 1 aliphatic carbocycles. The Bertz CT molecular complexity index is 518. The molecule has 1 saturated carbocycles. The summed E-state index contributed by atoms with van der Waals surface area (Å²) in [6.45, 7) is 8.53. The zero-order chi connectivity index (χ0) is 15.5. The molecule has 2 atom stereocenters. The molecule has 1 fully saturated rings. The quantitative estimate of drug-likeness (QED) is 0.889. The number of nitriles is 1. The summed E-state index contributed by atoms with van der Waals surface area (Å²) in [5, 5.41) is 12.9. The lowest BCUT2D eigenvalue weighted by Crippen LogP contribution is -2.46. The van der Waals surface area contributed by atoms with Crippen molar-refractivity contribution >= 4 is 0 Å². The highest BCUT2D eigenvalue weighted by molar-refractivity contribution is 5.30. The van der Waals surface area contributed by atoms with E-state index in [1.807, 2.05) is 12.1 Å². The van der Waals surface area contributed by atoms with Crippen LogP contribution in [0.3, 0.4) is 0 Å². The number of nitrogens with one attached hydrogen (secondary N) is 1. The van der Waals surface area contributed by atoms with Crippen LogP contribution >= 0.6 is 0 Å². The summed E-state index contributed by atoms with van der Waals surface area (Å²) in [6, 6.07) is 11.1. The number of hydrogen-bond acceptors (Lipinski definition) is 3. The van der Waals surface area contributed by atoms with Gasteiger partial charge in [-0.25, -0.2) is 0 Å². The highest BCUT2D eigenvalue weighted by Crippen LogP contribution is 2.33. The van der Waals surface area contributed by atoms with Gasteiger partial charge in [0, 0.05) is 12.5 Å². The summed E-state index contributed by atoms with van der Waals surface area (Å²) in [7, 11) is 0. The molecule has 0 heterocycles. The number of ether oxygens (including phenoxy) is 1. The Kier molecular flexibility index (Phi) is 4.90. The summed E-state index contributed by atoms with van der Waals surface area (Å²) in [6.07, 6.45) is 2.67. The smallest absolute Gasteiger partial charge is 0.120 e. The molecule has 0 bridgehead atoms. The predicted octanol–water partition coefficient (Wildman–Crippen LogP) is 4.00. The summed E-state index contributed by atoms with van der Waals surface area (Å²) in [5.41, 5.74) is 0.867. The van der Waals surface area contributed by atoms with Crippen molar-refractivity contribution in [3.05, 3.63) is 29.8 Å². The van der Waals surface area contributed by atoms with Crippen molar-refractivity contribution in [2.75, 3.05) is 0 Å². The molecule has 3 nitrogen and oxygen atoms in total. The van der Waals surface area contributed by atoms with Gasteiger partial charge in [-0.2, -0.15) is 5.26 Å². The summed E-state index contributed by atoms with van der Waals surface area (Å²) >= 11 is 0. The highest BCUT2D eigenvalue weighted by Gasteiger charge is 2.40. The maximum atomic E-state index is 9.50. The van der Waals surface area contributed by atoms with Gasteiger partial charge in [-0.1, -0.05) is 26.0 Å². The van der Waals surface area contributed by atoms with Crippen molar-refractivity contribution in [2.45, 2.75) is 70.6 Å². The van der Waals surface area contributed by atoms with Crippen LogP contribution in [0.4, 0.5) is 0 Å². The minimum atomic E-state index is -0.422. The van der Waals surface area contributed by atoms with Crippen LogP contribution < -0.4 is 10.1 Å². The predicted molar refractivity (Wildman–Crippen MR) is 85.4 cm³/mol. The maximum absolute atomic E-state index is 9.50. The third-order valence-corrected chi connectivity index (χ3v) is 4.08. The maximum Gasteiger partial charge on any atom is 0.120 e. The molecule has 0 amide bonds. The van der Waals surface area contributed by atoms with Crippen molar-refractivity contribution in [3.8, 4) is 11.8 Å². The molecule has 1 N–H and O–H groups in total. The van der Waals surface area contributed by atoms with Crippen LogP contribution in [0.5, 0.6) is 5.75 Å². The molecule has 0 saturated heterocycles. The molecule has 2 rings (SSSR count). The van der Waals surface area contributed by atoms with Crippen LogP contribution in [0.2, 0.25) is 0 Å². The van der Waals surface area contributed by atoms with Crippen molar-refractivity contribution in [1.82, 2.24) is 5.32 Å². The largest absolute Gasteiger partial charge is 0.490 e. The van der Waals surface area contributed by atoms with E-state index in [4.69, 9.17) is 4.74 Å². The zero-order valence-corrected chi connectivity index (χ0v) is 13.5. The summed E-state index contributed by atoms with van der Waals surface area (Å²) < 4.78 is 6.11. The first-order valence-corrected chi connectivity index (χ1v) is 7.90. The normalized spacial score (nSPS) is 25.3. The molecule has 1 aromatic rings. The number of nitrogens with zero attached hydrogens (tertiary/aromatic N) is 1. The van der Waals surface area contributed by atoms with Crippen molar-refractivity contribution < 1.29 is 4.74 Å². The first-order valence-electron chi connectivity index (χ1n) is 7.90. The second-order valence-corrected chi connectivity index (χ2v) is 6.70. The minimum absolute atomic E-state index is 0.123. The van der Waals surface area contributed by atoms with Crippen molar-refractivity contribution in [2.24, 2.45) is 0 Å². The van der Waals surface area contributed by atoms with Gasteiger partial charge in [0.2, 0.25) is 0 Å². The first-order chi connectivity index (χ1) is 9.94. The highest BCUT2D eigenvalue weighted by atomic mass is 16.5. The number of rotatable bonds is 5. The van der Waals surface area contributed by atoms with Gasteiger partial charge >= 0.3 is 0 Å². The molecule has 114 valence electrons. The van der Waals surface area contributed by atoms with Gasteiger partial charge in [0.05, 0.1) is 6.07 Å². The molecule has 0 aromatic heterocycles. The monoisotopic (exact) mass is 286 g/mol. The fourth-order valence-corrected chi connectivity index (χ4v) is 3.06. The Morgan fingerprint density at radius 3 is 2.71 bits per heavy atom. The van der Waals surface area contributed by atoms with E-state index >= 15 is 0 Å². The molecule has 2 unspecified atom stereocenters. The topological polar surface area (TPSA) is 45.0 Å². The van der Waals surface area contributed by atoms with E-state index in [-0.39, 0.29) is 6.10 Å².